The Labute approximate surface area is 187 Å². The van der Waals surface area contributed by atoms with Crippen molar-refractivity contribution in [2.75, 3.05) is 36.0 Å². The Bertz CT molecular complexity index is 1020. The summed E-state index contributed by atoms with van der Waals surface area (Å²) in [5, 5.41) is 4.02. The predicted octanol–water partition coefficient (Wildman–Crippen LogP) is 4.24. The molecule has 2 aromatic carbocycles. The fraction of sp³-hybridized carbons (Fsp3) is 0.381. The van der Waals surface area contributed by atoms with Gasteiger partial charge in [-0.1, -0.05) is 35.3 Å². The van der Waals surface area contributed by atoms with E-state index < -0.39 is 10.0 Å². The Kier molecular flexibility index (Phi) is 7.29. The summed E-state index contributed by atoms with van der Waals surface area (Å²) in [4.78, 5) is 15.0. The lowest BCUT2D eigenvalue weighted by molar-refractivity contribution is -0.121. The van der Waals surface area contributed by atoms with Crippen molar-refractivity contribution >= 4 is 50.5 Å². The summed E-state index contributed by atoms with van der Waals surface area (Å²) in [5.74, 6) is -0.116. The molecular weight excluding hydrogens is 445 g/mol. The van der Waals surface area contributed by atoms with Crippen LogP contribution in [0.5, 0.6) is 0 Å². The number of nitrogens with one attached hydrogen (secondary N) is 1. The Hall–Kier alpha value is -1.80. The molecule has 0 bridgehead atoms. The highest BCUT2D eigenvalue weighted by atomic mass is 35.5. The Balaban J connectivity index is 1.55. The van der Waals surface area contributed by atoms with Crippen molar-refractivity contribution < 1.29 is 13.2 Å². The van der Waals surface area contributed by atoms with Gasteiger partial charge in [-0.3, -0.25) is 14.0 Å². The van der Waals surface area contributed by atoms with E-state index in [0.29, 0.717) is 21.4 Å². The molecule has 1 amide bonds. The van der Waals surface area contributed by atoms with Gasteiger partial charge in [-0.2, -0.15) is 0 Å². The van der Waals surface area contributed by atoms with Crippen LogP contribution in [0.15, 0.2) is 42.5 Å². The van der Waals surface area contributed by atoms with Crippen LogP contribution in [0, 0.1) is 5.92 Å². The molecule has 2 aromatic rings. The standard InChI is InChI=1S/C21H25Cl2N3O3S/c1-25(30(2,28)29)18-5-3-4-17(13-18)24-21(27)16-8-10-26(11-9-16)14-15-6-7-19(22)20(23)12-15/h3-7,12-13,16H,8-11,14H2,1-2H3,(H,24,27). The first kappa shape index (κ1) is 22.9. The molecule has 30 heavy (non-hydrogen) atoms. The highest BCUT2D eigenvalue weighted by Crippen LogP contribution is 2.26. The molecule has 1 aliphatic heterocycles. The molecule has 1 N–H and O–H groups in total. The van der Waals surface area contributed by atoms with Gasteiger partial charge >= 0.3 is 0 Å². The molecule has 162 valence electrons. The molecule has 0 saturated carbocycles. The normalized spacial score (nSPS) is 15.7. The number of benzene rings is 2. The third-order valence-electron chi connectivity index (χ3n) is 5.32. The van der Waals surface area contributed by atoms with E-state index in [2.05, 4.69) is 10.2 Å². The molecule has 0 atom stereocenters. The van der Waals surface area contributed by atoms with E-state index in [1.54, 1.807) is 30.3 Å². The van der Waals surface area contributed by atoms with Gasteiger partial charge in [0.15, 0.2) is 0 Å². The lowest BCUT2D eigenvalue weighted by Gasteiger charge is -2.31. The van der Waals surface area contributed by atoms with Gasteiger partial charge in [0.2, 0.25) is 15.9 Å². The predicted molar refractivity (Wildman–Crippen MR) is 123 cm³/mol. The quantitative estimate of drug-likeness (QED) is 0.686. The molecule has 6 nitrogen and oxygen atoms in total. The minimum Gasteiger partial charge on any atom is -0.326 e. The van der Waals surface area contributed by atoms with E-state index >= 15 is 0 Å². The molecule has 0 unspecified atom stereocenters. The first-order chi connectivity index (χ1) is 14.1. The molecular formula is C21H25Cl2N3O3S. The number of halogens is 2. The van der Waals surface area contributed by atoms with Crippen LogP contribution in [0.25, 0.3) is 0 Å². The first-order valence-corrected chi connectivity index (χ1v) is 12.2. The zero-order chi connectivity index (χ0) is 21.9. The van der Waals surface area contributed by atoms with Crippen LogP contribution in [0.1, 0.15) is 18.4 Å². The number of hydrogen-bond acceptors (Lipinski definition) is 4. The molecule has 1 heterocycles. The zero-order valence-electron chi connectivity index (χ0n) is 16.9. The zero-order valence-corrected chi connectivity index (χ0v) is 19.3. The molecule has 0 radical (unpaired) electrons. The maximum absolute atomic E-state index is 12.7. The summed E-state index contributed by atoms with van der Waals surface area (Å²) in [5.41, 5.74) is 2.19. The number of nitrogens with zero attached hydrogens (tertiary/aromatic N) is 2. The number of likely N-dealkylation sites (tertiary alicyclic amines) is 1. The monoisotopic (exact) mass is 469 g/mol. The second kappa shape index (κ2) is 9.56. The van der Waals surface area contributed by atoms with Crippen molar-refractivity contribution in [1.82, 2.24) is 4.90 Å². The summed E-state index contributed by atoms with van der Waals surface area (Å²) in [6.45, 7) is 2.40. The van der Waals surface area contributed by atoms with Crippen molar-refractivity contribution in [2.45, 2.75) is 19.4 Å². The lowest BCUT2D eigenvalue weighted by Crippen LogP contribution is -2.37. The average Bonchev–Trinajstić information content (AvgIpc) is 2.70. The van der Waals surface area contributed by atoms with Crippen LogP contribution in [-0.4, -0.2) is 45.6 Å². The second-order valence-electron chi connectivity index (χ2n) is 7.57. The Morgan fingerprint density at radius 2 is 1.83 bits per heavy atom. The molecule has 1 aliphatic rings. The number of carbonyl (C=O) groups excluding carboxylic acids is 1. The summed E-state index contributed by atoms with van der Waals surface area (Å²) < 4.78 is 24.6. The van der Waals surface area contributed by atoms with Crippen LogP contribution in [0.4, 0.5) is 11.4 Å². The molecule has 1 fully saturated rings. The number of anilines is 2. The van der Waals surface area contributed by atoms with Gasteiger partial charge in [-0.25, -0.2) is 8.42 Å². The van der Waals surface area contributed by atoms with E-state index in [9.17, 15) is 13.2 Å². The van der Waals surface area contributed by atoms with Gasteiger partial charge in [0.05, 0.1) is 22.0 Å². The maximum atomic E-state index is 12.7. The van der Waals surface area contributed by atoms with Gasteiger partial charge in [0.1, 0.15) is 0 Å². The number of piperidine rings is 1. The van der Waals surface area contributed by atoms with E-state index in [0.717, 1.165) is 44.3 Å². The summed E-state index contributed by atoms with van der Waals surface area (Å²) in [6, 6.07) is 12.5. The number of carbonyl (C=O) groups is 1. The summed E-state index contributed by atoms with van der Waals surface area (Å²) >= 11 is 12.1. The Morgan fingerprint density at radius 3 is 2.47 bits per heavy atom. The third kappa shape index (κ3) is 5.88. The highest BCUT2D eigenvalue weighted by molar-refractivity contribution is 7.92. The van der Waals surface area contributed by atoms with Crippen LogP contribution in [0.3, 0.4) is 0 Å². The molecule has 9 heteroatoms. The fourth-order valence-corrected chi connectivity index (χ4v) is 4.28. The van der Waals surface area contributed by atoms with Gasteiger partial charge in [-0.15, -0.1) is 0 Å². The SMILES string of the molecule is CN(c1cccc(NC(=O)C2CCN(Cc3ccc(Cl)c(Cl)c3)CC2)c1)S(C)(=O)=O. The lowest BCUT2D eigenvalue weighted by atomic mass is 9.95. The number of hydrogen-bond donors (Lipinski definition) is 1. The van der Waals surface area contributed by atoms with Crippen molar-refractivity contribution in [3.05, 3.63) is 58.1 Å². The van der Waals surface area contributed by atoms with Gasteiger partial charge < -0.3 is 5.32 Å². The van der Waals surface area contributed by atoms with Gasteiger partial charge in [0, 0.05) is 25.2 Å². The minimum atomic E-state index is -3.36. The van der Waals surface area contributed by atoms with Crippen molar-refractivity contribution in [1.29, 1.82) is 0 Å². The van der Waals surface area contributed by atoms with E-state index in [-0.39, 0.29) is 11.8 Å². The largest absolute Gasteiger partial charge is 0.326 e. The van der Waals surface area contributed by atoms with Crippen LogP contribution in [-0.2, 0) is 21.4 Å². The van der Waals surface area contributed by atoms with Crippen LogP contribution >= 0.6 is 23.2 Å². The van der Waals surface area contributed by atoms with Crippen LogP contribution in [0.2, 0.25) is 10.0 Å². The van der Waals surface area contributed by atoms with Crippen LogP contribution < -0.4 is 9.62 Å². The van der Waals surface area contributed by atoms with E-state index in [4.69, 9.17) is 23.2 Å². The summed E-state index contributed by atoms with van der Waals surface area (Å²) in [6.07, 6.45) is 2.66. The molecule has 1 saturated heterocycles. The van der Waals surface area contributed by atoms with Gasteiger partial charge in [-0.05, 0) is 61.8 Å². The highest BCUT2D eigenvalue weighted by Gasteiger charge is 2.25. The van der Waals surface area contributed by atoms with E-state index in [1.165, 1.54) is 11.4 Å². The van der Waals surface area contributed by atoms with Crippen molar-refractivity contribution in [3.8, 4) is 0 Å². The second-order valence-corrected chi connectivity index (χ2v) is 10.4. The molecule has 0 spiro atoms. The molecule has 0 aromatic heterocycles. The van der Waals surface area contributed by atoms with Gasteiger partial charge in [0.25, 0.3) is 0 Å². The minimum absolute atomic E-state index is 0.0386. The Morgan fingerprint density at radius 1 is 1.13 bits per heavy atom. The van der Waals surface area contributed by atoms with E-state index in [1.807, 2.05) is 12.1 Å². The number of amides is 1. The smallest absolute Gasteiger partial charge is 0.231 e. The van der Waals surface area contributed by atoms with Crippen molar-refractivity contribution in [3.63, 3.8) is 0 Å². The topological polar surface area (TPSA) is 69.7 Å². The molecule has 3 rings (SSSR count). The summed E-state index contributed by atoms with van der Waals surface area (Å²) in [7, 11) is -1.87. The number of sulfonamides is 1. The first-order valence-electron chi connectivity index (χ1n) is 9.64. The fourth-order valence-electron chi connectivity index (χ4n) is 3.46. The molecule has 0 aliphatic carbocycles. The third-order valence-corrected chi connectivity index (χ3v) is 7.27. The average molecular weight is 470 g/mol. The number of rotatable bonds is 6. The van der Waals surface area contributed by atoms with Crippen molar-refractivity contribution in [2.24, 2.45) is 5.92 Å². The maximum Gasteiger partial charge on any atom is 0.231 e.